The van der Waals surface area contributed by atoms with E-state index in [-0.39, 0.29) is 0 Å². The lowest BCUT2D eigenvalue weighted by Gasteiger charge is -2.01. The zero-order valence-electron chi connectivity index (χ0n) is 5.36. The molecule has 0 saturated heterocycles. The van der Waals surface area contributed by atoms with Gasteiger partial charge in [-0.2, -0.15) is 0 Å². The monoisotopic (exact) mass is 312 g/mol. The minimum absolute atomic E-state index is 0.334. The summed E-state index contributed by atoms with van der Waals surface area (Å²) in [6.07, 6.45) is 0. The van der Waals surface area contributed by atoms with Gasteiger partial charge in [0, 0.05) is 0 Å². The Bertz CT molecular complexity index is 233. The molecule has 10 heavy (non-hydrogen) atoms. The molecule has 0 aliphatic rings. The van der Waals surface area contributed by atoms with Crippen molar-refractivity contribution in [3.8, 4) is 5.75 Å². The number of rotatable bonds is 0. The Morgan fingerprint density at radius 2 is 2.10 bits per heavy atom. The van der Waals surface area contributed by atoms with Crippen LogP contribution in [0.2, 0.25) is 0 Å². The highest BCUT2D eigenvalue weighted by Gasteiger charge is 2.03. The predicted octanol–water partition coefficient (Wildman–Crippen LogP) is 3.07. The van der Waals surface area contributed by atoms with Gasteiger partial charge in [-0.3, -0.25) is 0 Å². The Balaban J connectivity index is 3.34. The molecule has 1 N–H and O–H groups in total. The Hall–Kier alpha value is 0.230. The molecule has 1 aromatic rings. The SMILES string of the molecule is Cc1ccc(I)c(O)c1Br. The molecule has 1 aromatic carbocycles. The molecule has 0 aliphatic heterocycles. The maximum atomic E-state index is 9.33. The van der Waals surface area contributed by atoms with Crippen molar-refractivity contribution in [1.82, 2.24) is 0 Å². The van der Waals surface area contributed by atoms with Crippen molar-refractivity contribution in [2.45, 2.75) is 6.92 Å². The molecule has 0 bridgehead atoms. The summed E-state index contributed by atoms with van der Waals surface area (Å²) in [5.41, 5.74) is 1.05. The number of hydrogen-bond acceptors (Lipinski definition) is 1. The lowest BCUT2D eigenvalue weighted by atomic mass is 10.2. The molecule has 0 aliphatic carbocycles. The lowest BCUT2D eigenvalue weighted by Crippen LogP contribution is -1.79. The van der Waals surface area contributed by atoms with Crippen LogP contribution in [0.4, 0.5) is 0 Å². The molecule has 0 amide bonds. The van der Waals surface area contributed by atoms with Crippen molar-refractivity contribution in [2.24, 2.45) is 0 Å². The molecule has 0 heterocycles. The molecule has 1 nitrogen and oxygen atoms in total. The first-order valence-electron chi connectivity index (χ1n) is 2.76. The lowest BCUT2D eigenvalue weighted by molar-refractivity contribution is 0.467. The highest BCUT2D eigenvalue weighted by atomic mass is 127. The largest absolute Gasteiger partial charge is 0.506 e. The maximum Gasteiger partial charge on any atom is 0.143 e. The normalized spacial score (nSPS) is 9.90. The summed E-state index contributed by atoms with van der Waals surface area (Å²) in [6, 6.07) is 3.85. The van der Waals surface area contributed by atoms with Crippen LogP contribution in [-0.2, 0) is 0 Å². The molecule has 0 aromatic heterocycles. The van der Waals surface area contributed by atoms with Gasteiger partial charge in [-0.1, -0.05) is 6.07 Å². The second-order valence-electron chi connectivity index (χ2n) is 2.03. The van der Waals surface area contributed by atoms with Crippen LogP contribution in [0.25, 0.3) is 0 Å². The van der Waals surface area contributed by atoms with Crippen LogP contribution in [0, 0.1) is 10.5 Å². The summed E-state index contributed by atoms with van der Waals surface area (Å²) in [5.74, 6) is 0.334. The fraction of sp³-hybridized carbons (Fsp3) is 0.143. The van der Waals surface area contributed by atoms with E-state index in [4.69, 9.17) is 0 Å². The highest BCUT2D eigenvalue weighted by molar-refractivity contribution is 14.1. The maximum absolute atomic E-state index is 9.33. The van der Waals surface area contributed by atoms with E-state index in [1.165, 1.54) is 0 Å². The van der Waals surface area contributed by atoms with Crippen molar-refractivity contribution in [1.29, 1.82) is 0 Å². The predicted molar refractivity (Wildman–Crippen MR) is 53.3 cm³/mol. The first-order chi connectivity index (χ1) is 4.63. The Morgan fingerprint density at radius 3 is 2.60 bits per heavy atom. The van der Waals surface area contributed by atoms with Gasteiger partial charge >= 0.3 is 0 Å². The van der Waals surface area contributed by atoms with E-state index >= 15 is 0 Å². The van der Waals surface area contributed by atoms with Crippen LogP contribution in [0.15, 0.2) is 16.6 Å². The van der Waals surface area contributed by atoms with Gasteiger partial charge in [0.15, 0.2) is 0 Å². The molecule has 3 heteroatoms. The van der Waals surface area contributed by atoms with Crippen molar-refractivity contribution < 1.29 is 5.11 Å². The zero-order valence-corrected chi connectivity index (χ0v) is 9.10. The average Bonchev–Trinajstić information content (AvgIpc) is 1.93. The van der Waals surface area contributed by atoms with Gasteiger partial charge in [-0.25, -0.2) is 0 Å². The summed E-state index contributed by atoms with van der Waals surface area (Å²) in [5, 5.41) is 9.33. The zero-order chi connectivity index (χ0) is 7.72. The fourth-order valence-electron chi connectivity index (χ4n) is 0.642. The van der Waals surface area contributed by atoms with Gasteiger partial charge in [0.25, 0.3) is 0 Å². The molecule has 0 saturated carbocycles. The standard InChI is InChI=1S/C7H6BrIO/c1-4-2-3-5(9)7(10)6(4)8/h2-3,10H,1H3. The number of hydrogen-bond donors (Lipinski definition) is 1. The quantitative estimate of drug-likeness (QED) is 0.730. The van der Waals surface area contributed by atoms with Crippen molar-refractivity contribution in [3.05, 3.63) is 25.7 Å². The molecule has 0 unspecified atom stereocenters. The number of aromatic hydroxyl groups is 1. The summed E-state index contributed by atoms with van der Waals surface area (Å²) >= 11 is 5.36. The smallest absolute Gasteiger partial charge is 0.143 e. The number of phenols is 1. The molecule has 0 spiro atoms. The van der Waals surface area contributed by atoms with E-state index in [2.05, 4.69) is 38.5 Å². The van der Waals surface area contributed by atoms with Crippen molar-refractivity contribution in [3.63, 3.8) is 0 Å². The van der Waals surface area contributed by atoms with E-state index in [0.29, 0.717) is 5.75 Å². The van der Waals surface area contributed by atoms with E-state index in [0.717, 1.165) is 13.6 Å². The molecule has 54 valence electrons. The third-order valence-corrected chi connectivity index (χ3v) is 3.13. The Labute approximate surface area is 81.7 Å². The topological polar surface area (TPSA) is 20.2 Å². The van der Waals surface area contributed by atoms with Crippen molar-refractivity contribution in [2.75, 3.05) is 0 Å². The van der Waals surface area contributed by atoms with E-state index in [9.17, 15) is 5.11 Å². The van der Waals surface area contributed by atoms with E-state index < -0.39 is 0 Å². The average molecular weight is 313 g/mol. The van der Waals surface area contributed by atoms with Crippen LogP contribution in [0.3, 0.4) is 0 Å². The third kappa shape index (κ3) is 1.45. The van der Waals surface area contributed by atoms with Crippen LogP contribution in [0.1, 0.15) is 5.56 Å². The van der Waals surface area contributed by atoms with Crippen LogP contribution in [0.5, 0.6) is 5.75 Å². The van der Waals surface area contributed by atoms with E-state index in [1.807, 2.05) is 19.1 Å². The summed E-state index contributed by atoms with van der Waals surface area (Å²) < 4.78 is 1.66. The Kier molecular flexibility index (Phi) is 2.57. The minimum Gasteiger partial charge on any atom is -0.506 e. The molecule has 0 fully saturated rings. The second kappa shape index (κ2) is 3.09. The van der Waals surface area contributed by atoms with Gasteiger partial charge in [0.1, 0.15) is 5.75 Å². The van der Waals surface area contributed by atoms with Crippen LogP contribution < -0.4 is 0 Å². The second-order valence-corrected chi connectivity index (χ2v) is 3.98. The fourth-order valence-corrected chi connectivity index (χ4v) is 1.81. The van der Waals surface area contributed by atoms with E-state index in [1.54, 1.807) is 0 Å². The molecule has 0 radical (unpaired) electrons. The molecule has 0 atom stereocenters. The van der Waals surface area contributed by atoms with Gasteiger partial charge in [0.05, 0.1) is 8.04 Å². The number of phenolic OH excluding ortho intramolecular Hbond substituents is 1. The minimum atomic E-state index is 0.334. The van der Waals surface area contributed by atoms with Crippen molar-refractivity contribution >= 4 is 38.5 Å². The van der Waals surface area contributed by atoms with Gasteiger partial charge in [0.2, 0.25) is 0 Å². The molecular weight excluding hydrogens is 307 g/mol. The molecule has 1 rings (SSSR count). The summed E-state index contributed by atoms with van der Waals surface area (Å²) in [4.78, 5) is 0. The first-order valence-corrected chi connectivity index (χ1v) is 4.63. The van der Waals surface area contributed by atoms with Crippen LogP contribution in [-0.4, -0.2) is 5.11 Å². The first kappa shape index (κ1) is 8.33. The third-order valence-electron chi connectivity index (χ3n) is 1.26. The number of aryl methyl sites for hydroxylation is 1. The number of halogens is 2. The van der Waals surface area contributed by atoms with Crippen LogP contribution >= 0.6 is 38.5 Å². The number of benzene rings is 1. The van der Waals surface area contributed by atoms with Gasteiger partial charge in [-0.15, -0.1) is 0 Å². The molecular formula is C7H6BrIO. The summed E-state index contributed by atoms with van der Waals surface area (Å²) in [7, 11) is 0. The Morgan fingerprint density at radius 1 is 1.50 bits per heavy atom. The highest BCUT2D eigenvalue weighted by Crippen LogP contribution is 2.31. The van der Waals surface area contributed by atoms with Gasteiger partial charge in [-0.05, 0) is 57.1 Å². The van der Waals surface area contributed by atoms with Gasteiger partial charge < -0.3 is 5.11 Å². The summed E-state index contributed by atoms with van der Waals surface area (Å²) in [6.45, 7) is 1.94.